The van der Waals surface area contributed by atoms with Crippen molar-refractivity contribution in [3.63, 3.8) is 0 Å². The minimum absolute atomic E-state index is 0.0877. The summed E-state index contributed by atoms with van der Waals surface area (Å²) in [6.45, 7) is 0. The van der Waals surface area contributed by atoms with Crippen LogP contribution in [0, 0.1) is 0 Å². The van der Waals surface area contributed by atoms with Gasteiger partial charge in [0.1, 0.15) is 0 Å². The molecule has 106 valence electrons. The van der Waals surface area contributed by atoms with Crippen molar-refractivity contribution in [2.24, 2.45) is 5.73 Å². The molecule has 2 unspecified atom stereocenters. The number of halogens is 4. The maximum Gasteiger partial charge on any atom is 0.416 e. The zero-order valence-corrected chi connectivity index (χ0v) is 11.1. The summed E-state index contributed by atoms with van der Waals surface area (Å²) in [6.07, 6.45) is -0.749. The molecule has 0 bridgehead atoms. The maximum atomic E-state index is 12.6. The van der Waals surface area contributed by atoms with E-state index in [4.69, 9.17) is 17.3 Å². The minimum atomic E-state index is -4.36. The van der Waals surface area contributed by atoms with Crippen LogP contribution in [-0.2, 0) is 6.18 Å². The van der Waals surface area contributed by atoms with E-state index in [1.54, 1.807) is 0 Å². The lowest BCUT2D eigenvalue weighted by Gasteiger charge is -2.28. The molecule has 0 radical (unpaired) electrons. The van der Waals surface area contributed by atoms with Crippen molar-refractivity contribution in [1.82, 2.24) is 0 Å². The predicted octanol–water partition coefficient (Wildman–Crippen LogP) is 4.04. The molecule has 0 saturated heterocycles. The Balaban J connectivity index is 2.15. The topological polar surface area (TPSA) is 38.0 Å². The molecule has 1 aromatic rings. The SMILES string of the molecule is NC1CCCC(Nc2cc(C(F)(F)F)ccc2Cl)C1. The maximum absolute atomic E-state index is 12.6. The Hall–Kier alpha value is -0.940. The molecule has 1 aliphatic carbocycles. The molecule has 0 aliphatic heterocycles. The third-order valence-electron chi connectivity index (χ3n) is 3.37. The van der Waals surface area contributed by atoms with Crippen molar-refractivity contribution >= 4 is 17.3 Å². The Labute approximate surface area is 115 Å². The van der Waals surface area contributed by atoms with E-state index in [2.05, 4.69) is 5.32 Å². The average molecular weight is 293 g/mol. The number of anilines is 1. The summed E-state index contributed by atoms with van der Waals surface area (Å²) in [7, 11) is 0. The van der Waals surface area contributed by atoms with Gasteiger partial charge in [-0.3, -0.25) is 0 Å². The molecule has 0 spiro atoms. The summed E-state index contributed by atoms with van der Waals surface area (Å²) < 4.78 is 37.9. The second-order valence-electron chi connectivity index (χ2n) is 4.96. The van der Waals surface area contributed by atoms with Crippen LogP contribution in [0.5, 0.6) is 0 Å². The highest BCUT2D eigenvalue weighted by molar-refractivity contribution is 6.33. The molecule has 6 heteroatoms. The van der Waals surface area contributed by atoms with E-state index in [1.807, 2.05) is 0 Å². The highest BCUT2D eigenvalue weighted by Gasteiger charge is 2.31. The van der Waals surface area contributed by atoms with Crippen LogP contribution in [0.4, 0.5) is 18.9 Å². The van der Waals surface area contributed by atoms with Crippen LogP contribution >= 0.6 is 11.6 Å². The van der Waals surface area contributed by atoms with Gasteiger partial charge in [-0.15, -0.1) is 0 Å². The highest BCUT2D eigenvalue weighted by Crippen LogP contribution is 2.34. The standard InChI is InChI=1S/C13H16ClF3N2/c14-11-5-4-8(13(15,16)17)6-12(11)19-10-3-1-2-9(18)7-10/h4-6,9-10,19H,1-3,7,18H2. The largest absolute Gasteiger partial charge is 0.416 e. The quantitative estimate of drug-likeness (QED) is 0.863. The second kappa shape index (κ2) is 5.59. The van der Waals surface area contributed by atoms with Gasteiger partial charge in [0.05, 0.1) is 16.3 Å². The van der Waals surface area contributed by atoms with Crippen LogP contribution in [0.1, 0.15) is 31.2 Å². The Kier molecular flexibility index (Phi) is 4.26. The van der Waals surface area contributed by atoms with Crippen molar-refractivity contribution in [3.05, 3.63) is 28.8 Å². The summed E-state index contributed by atoms with van der Waals surface area (Å²) in [4.78, 5) is 0. The summed E-state index contributed by atoms with van der Waals surface area (Å²) in [5, 5.41) is 3.38. The molecule has 19 heavy (non-hydrogen) atoms. The van der Waals surface area contributed by atoms with Gasteiger partial charge in [-0.05, 0) is 43.9 Å². The molecule has 2 nitrogen and oxygen atoms in total. The van der Waals surface area contributed by atoms with E-state index in [1.165, 1.54) is 6.07 Å². The molecule has 0 amide bonds. The summed E-state index contributed by atoms with van der Waals surface area (Å²) >= 11 is 5.94. The lowest BCUT2D eigenvalue weighted by Crippen LogP contribution is -2.35. The van der Waals surface area contributed by atoms with Crippen LogP contribution in [0.3, 0.4) is 0 Å². The van der Waals surface area contributed by atoms with Gasteiger partial charge in [0.15, 0.2) is 0 Å². The van der Waals surface area contributed by atoms with E-state index < -0.39 is 11.7 Å². The van der Waals surface area contributed by atoms with E-state index in [-0.39, 0.29) is 12.1 Å². The van der Waals surface area contributed by atoms with Crippen molar-refractivity contribution < 1.29 is 13.2 Å². The molecular weight excluding hydrogens is 277 g/mol. The fourth-order valence-corrected chi connectivity index (χ4v) is 2.56. The van der Waals surface area contributed by atoms with Crippen molar-refractivity contribution in [1.29, 1.82) is 0 Å². The second-order valence-corrected chi connectivity index (χ2v) is 5.37. The van der Waals surface area contributed by atoms with Gasteiger partial charge < -0.3 is 11.1 Å². The Bertz CT molecular complexity index is 448. The van der Waals surface area contributed by atoms with Gasteiger partial charge in [0, 0.05) is 12.1 Å². The highest BCUT2D eigenvalue weighted by atomic mass is 35.5. The normalized spacial score (nSPS) is 24.3. The van der Waals surface area contributed by atoms with Gasteiger partial charge in [0.25, 0.3) is 0 Å². The first-order valence-corrected chi connectivity index (χ1v) is 6.63. The van der Waals surface area contributed by atoms with E-state index in [0.717, 1.165) is 37.8 Å². The van der Waals surface area contributed by atoms with Crippen LogP contribution in [0.2, 0.25) is 5.02 Å². The van der Waals surface area contributed by atoms with E-state index >= 15 is 0 Å². The van der Waals surface area contributed by atoms with Gasteiger partial charge in [-0.1, -0.05) is 11.6 Å². The zero-order chi connectivity index (χ0) is 14.0. The smallest absolute Gasteiger partial charge is 0.381 e. The molecule has 1 aliphatic rings. The van der Waals surface area contributed by atoms with Crippen LogP contribution in [0.15, 0.2) is 18.2 Å². The number of nitrogens with one attached hydrogen (secondary N) is 1. The van der Waals surface area contributed by atoms with Crippen molar-refractivity contribution in [3.8, 4) is 0 Å². The van der Waals surface area contributed by atoms with Gasteiger partial charge >= 0.3 is 6.18 Å². The molecule has 3 N–H and O–H groups in total. The predicted molar refractivity (Wildman–Crippen MR) is 70.3 cm³/mol. The first-order valence-electron chi connectivity index (χ1n) is 6.25. The van der Waals surface area contributed by atoms with E-state index in [0.29, 0.717) is 10.7 Å². The lowest BCUT2D eigenvalue weighted by molar-refractivity contribution is -0.137. The number of hydrogen-bond acceptors (Lipinski definition) is 2. The average Bonchev–Trinajstić information content (AvgIpc) is 2.30. The number of benzene rings is 1. The van der Waals surface area contributed by atoms with Crippen LogP contribution in [0.25, 0.3) is 0 Å². The van der Waals surface area contributed by atoms with Gasteiger partial charge in [-0.25, -0.2) is 0 Å². The van der Waals surface area contributed by atoms with Gasteiger partial charge in [0.2, 0.25) is 0 Å². The monoisotopic (exact) mass is 292 g/mol. The first-order chi connectivity index (χ1) is 8.86. The molecular formula is C13H16ClF3N2. The molecule has 2 atom stereocenters. The number of hydrogen-bond donors (Lipinski definition) is 2. The van der Waals surface area contributed by atoms with Gasteiger partial charge in [-0.2, -0.15) is 13.2 Å². The Morgan fingerprint density at radius 2 is 2.00 bits per heavy atom. The number of rotatable bonds is 2. The molecule has 2 rings (SSSR count). The molecule has 1 saturated carbocycles. The first kappa shape index (κ1) is 14.5. The lowest BCUT2D eigenvalue weighted by atomic mass is 9.91. The number of alkyl halides is 3. The van der Waals surface area contributed by atoms with Crippen LogP contribution in [-0.4, -0.2) is 12.1 Å². The third kappa shape index (κ3) is 3.76. The van der Waals surface area contributed by atoms with Crippen molar-refractivity contribution in [2.45, 2.75) is 43.9 Å². The molecule has 1 fully saturated rings. The zero-order valence-electron chi connectivity index (χ0n) is 10.3. The fourth-order valence-electron chi connectivity index (χ4n) is 2.39. The third-order valence-corrected chi connectivity index (χ3v) is 3.70. The summed E-state index contributed by atoms with van der Waals surface area (Å²) in [5.41, 5.74) is 5.50. The summed E-state index contributed by atoms with van der Waals surface area (Å²) in [6, 6.07) is 3.51. The van der Waals surface area contributed by atoms with Crippen LogP contribution < -0.4 is 11.1 Å². The molecule has 0 aromatic heterocycles. The Morgan fingerprint density at radius 3 is 2.63 bits per heavy atom. The summed E-state index contributed by atoms with van der Waals surface area (Å²) in [5.74, 6) is 0. The van der Waals surface area contributed by atoms with Crippen molar-refractivity contribution in [2.75, 3.05) is 5.32 Å². The minimum Gasteiger partial charge on any atom is -0.381 e. The molecule has 0 heterocycles. The van der Waals surface area contributed by atoms with E-state index in [9.17, 15) is 13.2 Å². The fraction of sp³-hybridized carbons (Fsp3) is 0.538. The molecule has 1 aromatic carbocycles. The Morgan fingerprint density at radius 1 is 1.26 bits per heavy atom. The number of nitrogens with two attached hydrogens (primary N) is 1.